The monoisotopic (exact) mass is 339 g/mol. The Kier molecular flexibility index (Phi) is 5.97. The number of rotatable bonds is 5. The fraction of sp³-hybridized carbons (Fsp3) is 0.188. The van der Waals surface area contributed by atoms with E-state index in [0.717, 1.165) is 16.9 Å². The molecule has 2 rings (SSSR count). The largest absolute Gasteiger partial charge is 0.352 e. The van der Waals surface area contributed by atoms with E-state index in [1.165, 1.54) is 0 Å². The Morgan fingerprint density at radius 3 is 2.71 bits per heavy atom. The van der Waals surface area contributed by atoms with Crippen LogP contribution in [0.25, 0.3) is 0 Å². The van der Waals surface area contributed by atoms with Crippen LogP contribution in [0.3, 0.4) is 0 Å². The molecule has 2 aromatic carbocycles. The number of hydrogen-bond donors (Lipinski definition) is 1. The van der Waals surface area contributed by atoms with E-state index in [1.807, 2.05) is 42.7 Å². The van der Waals surface area contributed by atoms with Gasteiger partial charge < -0.3 is 5.32 Å². The van der Waals surface area contributed by atoms with E-state index in [2.05, 4.69) is 5.32 Å². The normalized spacial score (nSPS) is 10.4. The standard InChI is InChI=1S/C16H15Cl2NOS/c1-21-13-5-6-15(18)14(10-13)16(20)19-8-7-11-3-2-4-12(17)9-11/h2-6,9-10H,7-8H2,1H3,(H,19,20). The van der Waals surface area contributed by atoms with Gasteiger partial charge in [0.25, 0.3) is 5.91 Å². The van der Waals surface area contributed by atoms with Gasteiger partial charge in [-0.25, -0.2) is 0 Å². The number of carbonyl (C=O) groups excluding carboxylic acids is 1. The molecule has 0 atom stereocenters. The van der Waals surface area contributed by atoms with Crippen molar-refractivity contribution >= 4 is 40.9 Å². The number of thioether (sulfide) groups is 1. The van der Waals surface area contributed by atoms with Crippen molar-refractivity contribution in [2.24, 2.45) is 0 Å². The zero-order valence-corrected chi connectivity index (χ0v) is 13.9. The molecule has 5 heteroatoms. The Morgan fingerprint density at radius 1 is 1.19 bits per heavy atom. The lowest BCUT2D eigenvalue weighted by molar-refractivity contribution is 0.0954. The van der Waals surface area contributed by atoms with Crippen LogP contribution in [0.1, 0.15) is 15.9 Å². The third kappa shape index (κ3) is 4.67. The van der Waals surface area contributed by atoms with Gasteiger partial charge in [0.15, 0.2) is 0 Å². The van der Waals surface area contributed by atoms with E-state index < -0.39 is 0 Å². The maximum absolute atomic E-state index is 12.2. The van der Waals surface area contributed by atoms with Crippen molar-refractivity contribution in [1.29, 1.82) is 0 Å². The molecule has 0 fully saturated rings. The van der Waals surface area contributed by atoms with Crippen molar-refractivity contribution in [3.63, 3.8) is 0 Å². The number of hydrogen-bond acceptors (Lipinski definition) is 2. The molecule has 0 saturated heterocycles. The second kappa shape index (κ2) is 7.74. The minimum atomic E-state index is -0.155. The van der Waals surface area contributed by atoms with Gasteiger partial charge in [0.1, 0.15) is 0 Å². The molecule has 0 aliphatic heterocycles. The molecule has 21 heavy (non-hydrogen) atoms. The average molecular weight is 340 g/mol. The van der Waals surface area contributed by atoms with E-state index in [4.69, 9.17) is 23.2 Å². The van der Waals surface area contributed by atoms with Crippen LogP contribution < -0.4 is 5.32 Å². The Labute approximate surface area is 138 Å². The van der Waals surface area contributed by atoms with E-state index in [1.54, 1.807) is 17.8 Å². The lowest BCUT2D eigenvalue weighted by Crippen LogP contribution is -2.26. The fourth-order valence-corrected chi connectivity index (χ4v) is 2.77. The second-order valence-corrected chi connectivity index (χ2v) is 6.20. The van der Waals surface area contributed by atoms with Crippen LogP contribution >= 0.6 is 35.0 Å². The van der Waals surface area contributed by atoms with E-state index in [9.17, 15) is 4.79 Å². The Bertz CT molecular complexity index is 646. The van der Waals surface area contributed by atoms with Crippen molar-refractivity contribution in [3.8, 4) is 0 Å². The molecule has 1 amide bonds. The van der Waals surface area contributed by atoms with Crippen LogP contribution in [0.4, 0.5) is 0 Å². The minimum absolute atomic E-state index is 0.155. The molecule has 0 unspecified atom stereocenters. The van der Waals surface area contributed by atoms with Gasteiger partial charge >= 0.3 is 0 Å². The Hall–Kier alpha value is -1.16. The SMILES string of the molecule is CSc1ccc(Cl)c(C(=O)NCCc2cccc(Cl)c2)c1. The van der Waals surface area contributed by atoms with E-state index >= 15 is 0 Å². The molecule has 0 aliphatic rings. The van der Waals surface area contributed by atoms with Crippen LogP contribution in [0, 0.1) is 0 Å². The Morgan fingerprint density at radius 2 is 2.00 bits per heavy atom. The molecule has 0 aliphatic carbocycles. The highest BCUT2D eigenvalue weighted by Gasteiger charge is 2.10. The highest BCUT2D eigenvalue weighted by Crippen LogP contribution is 2.22. The first kappa shape index (κ1) is 16.2. The Balaban J connectivity index is 1.96. The lowest BCUT2D eigenvalue weighted by atomic mass is 10.1. The molecule has 2 nitrogen and oxygen atoms in total. The molecule has 0 aromatic heterocycles. The molecule has 110 valence electrons. The summed E-state index contributed by atoms with van der Waals surface area (Å²) in [5, 5.41) is 4.05. The summed E-state index contributed by atoms with van der Waals surface area (Å²) < 4.78 is 0. The topological polar surface area (TPSA) is 29.1 Å². The first-order valence-electron chi connectivity index (χ1n) is 6.46. The number of amides is 1. The molecule has 1 N–H and O–H groups in total. The van der Waals surface area contributed by atoms with Crippen molar-refractivity contribution in [2.45, 2.75) is 11.3 Å². The third-order valence-corrected chi connectivity index (χ3v) is 4.30. The first-order valence-corrected chi connectivity index (χ1v) is 8.44. The highest BCUT2D eigenvalue weighted by molar-refractivity contribution is 7.98. The summed E-state index contributed by atoms with van der Waals surface area (Å²) in [6, 6.07) is 13.1. The summed E-state index contributed by atoms with van der Waals surface area (Å²) in [4.78, 5) is 13.2. The van der Waals surface area contributed by atoms with Crippen molar-refractivity contribution in [2.75, 3.05) is 12.8 Å². The summed E-state index contributed by atoms with van der Waals surface area (Å²) in [7, 11) is 0. The summed E-state index contributed by atoms with van der Waals surface area (Å²) in [5.41, 5.74) is 1.60. The van der Waals surface area contributed by atoms with Gasteiger partial charge in [-0.05, 0) is 48.6 Å². The molecular formula is C16H15Cl2NOS. The zero-order chi connectivity index (χ0) is 15.2. The predicted molar refractivity (Wildman–Crippen MR) is 90.7 cm³/mol. The number of benzene rings is 2. The van der Waals surface area contributed by atoms with Crippen LogP contribution in [-0.2, 0) is 6.42 Å². The maximum Gasteiger partial charge on any atom is 0.252 e. The number of carbonyl (C=O) groups is 1. The molecule has 0 heterocycles. The van der Waals surface area contributed by atoms with Crippen LogP contribution in [0.5, 0.6) is 0 Å². The highest BCUT2D eigenvalue weighted by atomic mass is 35.5. The number of nitrogens with one attached hydrogen (secondary N) is 1. The average Bonchev–Trinajstić information content (AvgIpc) is 2.47. The van der Waals surface area contributed by atoms with Crippen molar-refractivity contribution < 1.29 is 4.79 Å². The molecule has 2 aromatic rings. The molecular weight excluding hydrogens is 325 g/mol. The summed E-state index contributed by atoms with van der Waals surface area (Å²) in [5.74, 6) is -0.155. The van der Waals surface area contributed by atoms with Gasteiger partial charge in [0, 0.05) is 16.5 Å². The molecule has 0 saturated carbocycles. The van der Waals surface area contributed by atoms with Gasteiger partial charge in [0.05, 0.1) is 10.6 Å². The van der Waals surface area contributed by atoms with Gasteiger partial charge in [-0.15, -0.1) is 11.8 Å². The predicted octanol–water partition coefficient (Wildman–Crippen LogP) is 4.69. The van der Waals surface area contributed by atoms with Gasteiger partial charge in [-0.1, -0.05) is 35.3 Å². The summed E-state index contributed by atoms with van der Waals surface area (Å²) >= 11 is 13.6. The molecule has 0 spiro atoms. The lowest BCUT2D eigenvalue weighted by Gasteiger charge is -2.08. The van der Waals surface area contributed by atoms with Crippen LogP contribution in [-0.4, -0.2) is 18.7 Å². The maximum atomic E-state index is 12.2. The van der Waals surface area contributed by atoms with Gasteiger partial charge in [0.2, 0.25) is 0 Å². The minimum Gasteiger partial charge on any atom is -0.352 e. The van der Waals surface area contributed by atoms with Gasteiger partial charge in [-0.3, -0.25) is 4.79 Å². The van der Waals surface area contributed by atoms with Crippen LogP contribution in [0.2, 0.25) is 10.0 Å². The smallest absolute Gasteiger partial charge is 0.252 e. The zero-order valence-electron chi connectivity index (χ0n) is 11.5. The van der Waals surface area contributed by atoms with Crippen molar-refractivity contribution in [3.05, 3.63) is 63.6 Å². The van der Waals surface area contributed by atoms with Crippen LogP contribution in [0.15, 0.2) is 47.4 Å². The van der Waals surface area contributed by atoms with Crippen molar-refractivity contribution in [1.82, 2.24) is 5.32 Å². The summed E-state index contributed by atoms with van der Waals surface area (Å²) in [6.07, 6.45) is 2.69. The quantitative estimate of drug-likeness (QED) is 0.800. The molecule has 0 bridgehead atoms. The number of halogens is 2. The van der Waals surface area contributed by atoms with Gasteiger partial charge in [-0.2, -0.15) is 0 Å². The fourth-order valence-electron chi connectivity index (χ4n) is 1.91. The second-order valence-electron chi connectivity index (χ2n) is 4.48. The van der Waals surface area contributed by atoms with E-state index in [-0.39, 0.29) is 5.91 Å². The van der Waals surface area contributed by atoms with E-state index in [0.29, 0.717) is 22.2 Å². The third-order valence-electron chi connectivity index (χ3n) is 3.01. The first-order chi connectivity index (χ1) is 10.1. The molecule has 0 radical (unpaired) electrons. The summed E-state index contributed by atoms with van der Waals surface area (Å²) in [6.45, 7) is 0.541.